The Morgan fingerprint density at radius 2 is 1.92 bits per heavy atom. The van der Waals surface area contributed by atoms with Crippen LogP contribution in [0.25, 0.3) is 44.7 Å². The molecule has 4 aromatic heterocycles. The number of imidazole rings is 1. The number of aromatic amines is 2. The lowest BCUT2D eigenvalue weighted by molar-refractivity contribution is -0.116. The summed E-state index contributed by atoms with van der Waals surface area (Å²) < 4.78 is 0. The minimum Gasteiger partial charge on any atom is -0.370 e. The number of H-pyrrole nitrogens is 2. The standard InChI is InChI=1S/C28H30N8O/c1-17(2)11-24(37)31-20-12-18(14-29-16-20)19-13-21-25(34-35-27(21)30-15-19)28-32-22-7-6-8-23(26(22)33-28)36-9-4-3-5-10-36/h6-8,12-17H,3-5,9-11H2,1-2H3,(H,31,37)(H,32,33)(H,30,34,35). The molecule has 1 aliphatic heterocycles. The molecule has 1 amide bonds. The van der Waals surface area contributed by atoms with Gasteiger partial charge in [-0.2, -0.15) is 5.10 Å². The molecule has 37 heavy (non-hydrogen) atoms. The molecule has 6 rings (SSSR count). The molecule has 0 atom stereocenters. The Balaban J connectivity index is 1.35. The van der Waals surface area contributed by atoms with Crippen LogP contribution in [0.1, 0.15) is 39.5 Å². The maximum absolute atomic E-state index is 12.2. The van der Waals surface area contributed by atoms with Gasteiger partial charge in [0.05, 0.1) is 28.5 Å². The van der Waals surface area contributed by atoms with E-state index in [-0.39, 0.29) is 11.8 Å². The molecule has 0 saturated carbocycles. The van der Waals surface area contributed by atoms with Gasteiger partial charge in [0.1, 0.15) is 11.2 Å². The van der Waals surface area contributed by atoms with Crippen molar-refractivity contribution in [2.24, 2.45) is 5.92 Å². The zero-order valence-corrected chi connectivity index (χ0v) is 21.1. The van der Waals surface area contributed by atoms with Crippen molar-refractivity contribution in [3.05, 3.63) is 48.9 Å². The third-order valence-corrected chi connectivity index (χ3v) is 6.78. The zero-order valence-electron chi connectivity index (χ0n) is 21.1. The van der Waals surface area contributed by atoms with E-state index in [1.165, 1.54) is 24.9 Å². The average Bonchev–Trinajstić information content (AvgIpc) is 3.52. The molecule has 9 nitrogen and oxygen atoms in total. The first kappa shape index (κ1) is 23.1. The Kier molecular flexibility index (Phi) is 6.04. The fourth-order valence-electron chi connectivity index (χ4n) is 5.01. The van der Waals surface area contributed by atoms with E-state index in [1.807, 2.05) is 26.0 Å². The molecular formula is C28H30N8O. The normalized spacial score (nSPS) is 14.1. The zero-order chi connectivity index (χ0) is 25.4. The van der Waals surface area contributed by atoms with Gasteiger partial charge in [-0.05, 0) is 49.4 Å². The van der Waals surface area contributed by atoms with Crippen LogP contribution >= 0.6 is 0 Å². The van der Waals surface area contributed by atoms with Crippen molar-refractivity contribution >= 4 is 39.3 Å². The van der Waals surface area contributed by atoms with Crippen molar-refractivity contribution in [3.8, 4) is 22.6 Å². The lowest BCUT2D eigenvalue weighted by Gasteiger charge is -2.28. The lowest BCUT2D eigenvalue weighted by atomic mass is 10.1. The number of hydrogen-bond acceptors (Lipinski definition) is 6. The number of nitrogens with zero attached hydrogens (tertiary/aromatic N) is 5. The van der Waals surface area contributed by atoms with Gasteiger partial charge in [0.25, 0.3) is 0 Å². The number of anilines is 2. The number of nitrogens with one attached hydrogen (secondary N) is 3. The van der Waals surface area contributed by atoms with Gasteiger partial charge in [-0.15, -0.1) is 0 Å². The maximum Gasteiger partial charge on any atom is 0.224 e. The van der Waals surface area contributed by atoms with Crippen LogP contribution in [0.4, 0.5) is 11.4 Å². The SMILES string of the molecule is CC(C)CC(=O)Nc1cncc(-c2cnc3[nH]nc(-c4nc5c(N6CCCCC6)cccc5[nH]4)c3c2)c1. The summed E-state index contributed by atoms with van der Waals surface area (Å²) >= 11 is 0. The van der Waals surface area contributed by atoms with E-state index in [4.69, 9.17) is 4.98 Å². The van der Waals surface area contributed by atoms with Crippen molar-refractivity contribution in [1.82, 2.24) is 30.1 Å². The Morgan fingerprint density at radius 3 is 2.76 bits per heavy atom. The van der Waals surface area contributed by atoms with E-state index < -0.39 is 0 Å². The molecule has 1 aliphatic rings. The van der Waals surface area contributed by atoms with E-state index in [9.17, 15) is 4.79 Å². The van der Waals surface area contributed by atoms with Gasteiger partial charge >= 0.3 is 0 Å². The largest absolute Gasteiger partial charge is 0.370 e. The van der Waals surface area contributed by atoms with Gasteiger partial charge in [0.2, 0.25) is 5.91 Å². The molecule has 5 aromatic rings. The van der Waals surface area contributed by atoms with Gasteiger partial charge in [0.15, 0.2) is 11.5 Å². The van der Waals surface area contributed by atoms with E-state index in [1.54, 1.807) is 18.6 Å². The van der Waals surface area contributed by atoms with Crippen LogP contribution in [-0.4, -0.2) is 49.1 Å². The maximum atomic E-state index is 12.2. The third kappa shape index (κ3) is 4.64. The summed E-state index contributed by atoms with van der Waals surface area (Å²) in [5, 5.41) is 11.4. The van der Waals surface area contributed by atoms with E-state index >= 15 is 0 Å². The van der Waals surface area contributed by atoms with Crippen LogP contribution in [0.5, 0.6) is 0 Å². The molecule has 0 aliphatic carbocycles. The fourth-order valence-corrected chi connectivity index (χ4v) is 5.01. The minimum absolute atomic E-state index is 0.0199. The summed E-state index contributed by atoms with van der Waals surface area (Å²) in [6.07, 6.45) is 9.39. The first-order valence-corrected chi connectivity index (χ1v) is 12.9. The summed E-state index contributed by atoms with van der Waals surface area (Å²) in [6, 6.07) is 10.2. The van der Waals surface area contributed by atoms with E-state index in [2.05, 4.69) is 53.6 Å². The number of pyridine rings is 2. The van der Waals surface area contributed by atoms with Crippen molar-refractivity contribution in [2.45, 2.75) is 39.5 Å². The topological polar surface area (TPSA) is 115 Å². The number of fused-ring (bicyclic) bond motifs is 2. The first-order valence-electron chi connectivity index (χ1n) is 12.9. The molecular weight excluding hydrogens is 464 g/mol. The molecule has 0 spiro atoms. The number of benzene rings is 1. The molecule has 0 radical (unpaired) electrons. The van der Waals surface area contributed by atoms with Crippen molar-refractivity contribution in [2.75, 3.05) is 23.3 Å². The highest BCUT2D eigenvalue weighted by molar-refractivity contribution is 5.96. The molecule has 9 heteroatoms. The smallest absolute Gasteiger partial charge is 0.224 e. The van der Waals surface area contributed by atoms with E-state index in [0.717, 1.165) is 46.3 Å². The summed E-state index contributed by atoms with van der Waals surface area (Å²) in [4.78, 5) is 32.0. The fraction of sp³-hybridized carbons (Fsp3) is 0.321. The Labute approximate surface area is 214 Å². The summed E-state index contributed by atoms with van der Waals surface area (Å²) in [6.45, 7) is 6.16. The van der Waals surface area contributed by atoms with Gasteiger partial charge in [-0.25, -0.2) is 9.97 Å². The molecule has 1 fully saturated rings. The number of hydrogen-bond donors (Lipinski definition) is 3. The van der Waals surface area contributed by atoms with Crippen LogP contribution in [0.2, 0.25) is 0 Å². The number of rotatable bonds is 6. The van der Waals surface area contributed by atoms with Crippen LogP contribution in [0.3, 0.4) is 0 Å². The third-order valence-electron chi connectivity index (χ3n) is 6.78. The average molecular weight is 495 g/mol. The molecule has 188 valence electrons. The second-order valence-electron chi connectivity index (χ2n) is 10.1. The number of amides is 1. The highest BCUT2D eigenvalue weighted by Crippen LogP contribution is 2.33. The summed E-state index contributed by atoms with van der Waals surface area (Å²) in [7, 11) is 0. The summed E-state index contributed by atoms with van der Waals surface area (Å²) in [5.41, 5.74) is 6.94. The van der Waals surface area contributed by atoms with Crippen LogP contribution in [0, 0.1) is 5.92 Å². The Bertz CT molecular complexity index is 1580. The molecule has 1 saturated heterocycles. The number of aromatic nitrogens is 6. The molecule has 5 heterocycles. The Morgan fingerprint density at radius 1 is 1.08 bits per heavy atom. The predicted octanol–water partition coefficient (Wildman–Crippen LogP) is 5.54. The van der Waals surface area contributed by atoms with Gasteiger partial charge in [-0.1, -0.05) is 19.9 Å². The Hall–Kier alpha value is -4.27. The predicted molar refractivity (Wildman–Crippen MR) is 146 cm³/mol. The van der Waals surface area contributed by atoms with Crippen LogP contribution in [-0.2, 0) is 4.79 Å². The van der Waals surface area contributed by atoms with Crippen LogP contribution in [0.15, 0.2) is 48.9 Å². The van der Waals surface area contributed by atoms with Gasteiger partial charge < -0.3 is 15.2 Å². The number of carbonyl (C=O) groups is 1. The first-order chi connectivity index (χ1) is 18.0. The van der Waals surface area contributed by atoms with Crippen molar-refractivity contribution in [3.63, 3.8) is 0 Å². The van der Waals surface area contributed by atoms with E-state index in [0.29, 0.717) is 23.6 Å². The number of carbonyl (C=O) groups excluding carboxylic acids is 1. The quantitative estimate of drug-likeness (QED) is 0.286. The van der Waals surface area contributed by atoms with Crippen LogP contribution < -0.4 is 10.2 Å². The highest BCUT2D eigenvalue weighted by Gasteiger charge is 2.19. The van der Waals surface area contributed by atoms with Gasteiger partial charge in [-0.3, -0.25) is 14.9 Å². The highest BCUT2D eigenvalue weighted by atomic mass is 16.1. The minimum atomic E-state index is -0.0199. The summed E-state index contributed by atoms with van der Waals surface area (Å²) in [5.74, 6) is 0.974. The second-order valence-corrected chi connectivity index (χ2v) is 10.1. The number of piperidine rings is 1. The molecule has 0 bridgehead atoms. The van der Waals surface area contributed by atoms with Gasteiger partial charge in [0, 0.05) is 43.0 Å². The molecule has 0 unspecified atom stereocenters. The molecule has 3 N–H and O–H groups in total. The second kappa shape index (κ2) is 9.65. The number of para-hydroxylation sites is 1. The van der Waals surface area contributed by atoms with Crippen molar-refractivity contribution < 1.29 is 4.79 Å². The van der Waals surface area contributed by atoms with Crippen molar-refractivity contribution in [1.29, 1.82) is 0 Å². The monoisotopic (exact) mass is 494 g/mol. The molecule has 1 aromatic carbocycles. The lowest BCUT2D eigenvalue weighted by Crippen LogP contribution is -2.29.